The van der Waals surface area contributed by atoms with Crippen LogP contribution in [-0.4, -0.2) is 53.6 Å². The molecular formula is C20H17N7O3. The third kappa shape index (κ3) is 3.02. The number of aromatic nitrogens is 5. The molecule has 2 aliphatic rings. The zero-order chi connectivity index (χ0) is 20.8. The number of aryl methyl sites for hydroxylation is 1. The summed E-state index contributed by atoms with van der Waals surface area (Å²) in [6, 6.07) is 4.75. The minimum Gasteiger partial charge on any atom is -0.322 e. The van der Waals surface area contributed by atoms with Gasteiger partial charge in [-0.3, -0.25) is 19.7 Å². The maximum Gasteiger partial charge on any atom is 0.255 e. The van der Waals surface area contributed by atoms with Gasteiger partial charge < -0.3 is 4.90 Å². The predicted molar refractivity (Wildman–Crippen MR) is 103 cm³/mol. The van der Waals surface area contributed by atoms with Crippen molar-refractivity contribution in [3.63, 3.8) is 0 Å². The van der Waals surface area contributed by atoms with Crippen molar-refractivity contribution in [1.29, 1.82) is 0 Å². The number of nitrogens with one attached hydrogen (secondary N) is 1. The molecule has 30 heavy (non-hydrogen) atoms. The van der Waals surface area contributed by atoms with E-state index in [9.17, 15) is 14.4 Å². The van der Waals surface area contributed by atoms with Crippen molar-refractivity contribution in [1.82, 2.24) is 35.2 Å². The quantitative estimate of drug-likeness (QED) is 0.642. The van der Waals surface area contributed by atoms with E-state index < -0.39 is 11.9 Å². The molecule has 10 heteroatoms. The van der Waals surface area contributed by atoms with Crippen LogP contribution in [0.2, 0.25) is 0 Å². The lowest BCUT2D eigenvalue weighted by molar-refractivity contribution is -0.136. The Balaban J connectivity index is 1.40. The minimum atomic E-state index is -0.634. The number of hydrogen-bond acceptors (Lipinski definition) is 7. The predicted octanol–water partition coefficient (Wildman–Crippen LogP) is 0.794. The molecule has 0 spiro atoms. The molecule has 2 aliphatic heterocycles. The van der Waals surface area contributed by atoms with Gasteiger partial charge in [-0.25, -0.2) is 14.6 Å². The summed E-state index contributed by atoms with van der Waals surface area (Å²) in [5.41, 5.74) is 3.50. The smallest absolute Gasteiger partial charge is 0.255 e. The van der Waals surface area contributed by atoms with Gasteiger partial charge in [0, 0.05) is 36.5 Å². The molecule has 4 heterocycles. The highest BCUT2D eigenvalue weighted by Gasteiger charge is 2.39. The van der Waals surface area contributed by atoms with Crippen LogP contribution >= 0.6 is 0 Å². The van der Waals surface area contributed by atoms with Crippen molar-refractivity contribution >= 4 is 17.7 Å². The van der Waals surface area contributed by atoms with E-state index in [1.54, 1.807) is 35.4 Å². The van der Waals surface area contributed by atoms with Gasteiger partial charge >= 0.3 is 0 Å². The van der Waals surface area contributed by atoms with E-state index in [2.05, 4.69) is 25.6 Å². The van der Waals surface area contributed by atoms with Crippen molar-refractivity contribution in [2.24, 2.45) is 0 Å². The van der Waals surface area contributed by atoms with Crippen LogP contribution in [-0.2, 0) is 16.1 Å². The van der Waals surface area contributed by atoms with Crippen LogP contribution in [0.15, 0.2) is 36.8 Å². The number of nitrogens with zero attached hydrogens (tertiary/aromatic N) is 6. The zero-order valence-corrected chi connectivity index (χ0v) is 16.1. The van der Waals surface area contributed by atoms with Crippen LogP contribution in [0.5, 0.6) is 0 Å². The van der Waals surface area contributed by atoms with Gasteiger partial charge in [0.25, 0.3) is 5.91 Å². The number of carbonyl (C=O) groups is 3. The first-order valence-electron chi connectivity index (χ1n) is 9.49. The fourth-order valence-corrected chi connectivity index (χ4v) is 3.75. The summed E-state index contributed by atoms with van der Waals surface area (Å²) in [7, 11) is 0. The lowest BCUT2D eigenvalue weighted by Gasteiger charge is -2.29. The van der Waals surface area contributed by atoms with E-state index in [1.807, 2.05) is 13.0 Å². The Labute approximate surface area is 170 Å². The zero-order valence-electron chi connectivity index (χ0n) is 16.1. The SMILES string of the molecule is Cc1ncc(-c2cn(-c3ccc4c(c3)CN(C3CCC(=O)NC3=O)C4=O)nn2)cn1. The van der Waals surface area contributed by atoms with Gasteiger partial charge in [-0.1, -0.05) is 5.21 Å². The standard InChI is InChI=1S/C20H17N7O3/c1-11-21-7-13(8-22-11)16-10-27(25-24-16)14-2-3-15-12(6-14)9-26(20(15)30)17-4-5-18(28)23-19(17)29/h2-3,6-8,10,17H,4-5,9H2,1H3,(H,23,28,29). The Morgan fingerprint density at radius 2 is 1.93 bits per heavy atom. The third-order valence-electron chi connectivity index (χ3n) is 5.34. The normalized spacial score (nSPS) is 18.5. The lowest BCUT2D eigenvalue weighted by atomic mass is 10.0. The number of hydrogen-bond donors (Lipinski definition) is 1. The average Bonchev–Trinajstić information content (AvgIpc) is 3.34. The second-order valence-electron chi connectivity index (χ2n) is 7.31. The molecule has 0 saturated carbocycles. The molecule has 5 rings (SSSR count). The first-order valence-corrected chi connectivity index (χ1v) is 9.49. The average molecular weight is 403 g/mol. The lowest BCUT2D eigenvalue weighted by Crippen LogP contribution is -2.52. The molecule has 1 fully saturated rings. The van der Waals surface area contributed by atoms with Gasteiger partial charge in [-0.05, 0) is 37.1 Å². The fraction of sp³-hybridized carbons (Fsp3) is 0.250. The number of imide groups is 1. The molecular weight excluding hydrogens is 386 g/mol. The maximum atomic E-state index is 12.8. The van der Waals surface area contributed by atoms with E-state index in [0.29, 0.717) is 30.0 Å². The van der Waals surface area contributed by atoms with Crippen LogP contribution in [0.25, 0.3) is 16.9 Å². The van der Waals surface area contributed by atoms with Crippen molar-refractivity contribution in [2.75, 3.05) is 0 Å². The van der Waals surface area contributed by atoms with Crippen molar-refractivity contribution < 1.29 is 14.4 Å². The number of fused-ring (bicyclic) bond motifs is 1. The second-order valence-corrected chi connectivity index (χ2v) is 7.31. The highest BCUT2D eigenvalue weighted by Crippen LogP contribution is 2.29. The summed E-state index contributed by atoms with van der Waals surface area (Å²) in [4.78, 5) is 46.2. The second kappa shape index (κ2) is 6.83. The molecule has 2 aromatic heterocycles. The van der Waals surface area contributed by atoms with Gasteiger partial charge in [0.15, 0.2) is 0 Å². The summed E-state index contributed by atoms with van der Waals surface area (Å²) in [5.74, 6) is -0.255. The molecule has 1 aromatic carbocycles. The summed E-state index contributed by atoms with van der Waals surface area (Å²) in [6.07, 6.45) is 5.71. The Morgan fingerprint density at radius 1 is 1.13 bits per heavy atom. The Bertz CT molecular complexity index is 1190. The largest absolute Gasteiger partial charge is 0.322 e. The van der Waals surface area contributed by atoms with E-state index in [0.717, 1.165) is 16.8 Å². The van der Waals surface area contributed by atoms with Gasteiger partial charge in [0.1, 0.15) is 17.6 Å². The van der Waals surface area contributed by atoms with Crippen molar-refractivity contribution in [3.8, 4) is 16.9 Å². The molecule has 10 nitrogen and oxygen atoms in total. The maximum absolute atomic E-state index is 12.8. The Morgan fingerprint density at radius 3 is 2.70 bits per heavy atom. The van der Waals surface area contributed by atoms with Crippen LogP contribution in [0.1, 0.15) is 34.6 Å². The molecule has 150 valence electrons. The summed E-state index contributed by atoms with van der Waals surface area (Å²) in [6.45, 7) is 2.12. The molecule has 1 saturated heterocycles. The van der Waals surface area contributed by atoms with Crippen molar-refractivity contribution in [3.05, 3.63) is 53.7 Å². The van der Waals surface area contributed by atoms with E-state index >= 15 is 0 Å². The molecule has 3 aromatic rings. The van der Waals surface area contributed by atoms with E-state index in [1.165, 1.54) is 4.90 Å². The Kier molecular flexibility index (Phi) is 4.12. The number of benzene rings is 1. The van der Waals surface area contributed by atoms with Gasteiger partial charge in [0.05, 0.1) is 11.9 Å². The molecule has 0 aliphatic carbocycles. The van der Waals surface area contributed by atoms with E-state index in [4.69, 9.17) is 0 Å². The molecule has 0 bridgehead atoms. The van der Waals surface area contributed by atoms with Crippen LogP contribution < -0.4 is 5.32 Å². The molecule has 1 N–H and O–H groups in total. The Hall–Kier alpha value is -3.95. The summed E-state index contributed by atoms with van der Waals surface area (Å²) < 4.78 is 1.62. The number of piperidine rings is 1. The molecule has 1 atom stereocenters. The number of rotatable bonds is 3. The summed E-state index contributed by atoms with van der Waals surface area (Å²) >= 11 is 0. The fourth-order valence-electron chi connectivity index (χ4n) is 3.75. The minimum absolute atomic E-state index is 0.206. The number of amides is 3. The van der Waals surface area contributed by atoms with Gasteiger partial charge in [-0.15, -0.1) is 5.10 Å². The monoisotopic (exact) mass is 403 g/mol. The molecule has 1 unspecified atom stereocenters. The van der Waals surface area contributed by atoms with E-state index in [-0.39, 0.29) is 18.2 Å². The topological polar surface area (TPSA) is 123 Å². The highest BCUT2D eigenvalue weighted by molar-refractivity contribution is 6.05. The van der Waals surface area contributed by atoms with Crippen LogP contribution in [0, 0.1) is 6.92 Å². The molecule has 3 amide bonds. The van der Waals surface area contributed by atoms with Crippen LogP contribution in [0.3, 0.4) is 0 Å². The van der Waals surface area contributed by atoms with Crippen molar-refractivity contribution in [2.45, 2.75) is 32.4 Å². The van der Waals surface area contributed by atoms with Crippen LogP contribution in [0.4, 0.5) is 0 Å². The third-order valence-corrected chi connectivity index (χ3v) is 5.34. The first kappa shape index (κ1) is 18.1. The number of carbonyl (C=O) groups excluding carboxylic acids is 3. The van der Waals surface area contributed by atoms with Gasteiger partial charge in [0.2, 0.25) is 11.8 Å². The summed E-state index contributed by atoms with van der Waals surface area (Å²) in [5, 5.41) is 10.7. The highest BCUT2D eigenvalue weighted by atomic mass is 16.2. The first-order chi connectivity index (χ1) is 14.5. The van der Waals surface area contributed by atoms with Gasteiger partial charge in [-0.2, -0.15) is 0 Å². The molecule has 0 radical (unpaired) electrons.